The molecule has 1 rings (SSSR count). The first-order chi connectivity index (χ1) is 8.94. The lowest BCUT2D eigenvalue weighted by molar-refractivity contribution is 0.00895. The summed E-state index contributed by atoms with van der Waals surface area (Å²) >= 11 is 0. The molecule has 0 saturated carbocycles. The van der Waals surface area contributed by atoms with E-state index in [1.807, 2.05) is 25.7 Å². The lowest BCUT2D eigenvalue weighted by Crippen LogP contribution is -2.47. The zero-order valence-electron chi connectivity index (χ0n) is 13.0. The van der Waals surface area contributed by atoms with E-state index in [2.05, 4.69) is 12.2 Å². The summed E-state index contributed by atoms with van der Waals surface area (Å²) in [6.45, 7) is 10.8. The van der Waals surface area contributed by atoms with Gasteiger partial charge >= 0.3 is 6.09 Å². The summed E-state index contributed by atoms with van der Waals surface area (Å²) in [5, 5.41) is 3.41. The second-order valence-corrected chi connectivity index (χ2v) is 6.36. The lowest BCUT2D eigenvalue weighted by Gasteiger charge is -2.36. The van der Waals surface area contributed by atoms with Gasteiger partial charge in [-0.15, -0.1) is 0 Å². The van der Waals surface area contributed by atoms with Crippen molar-refractivity contribution >= 4 is 6.09 Å². The quantitative estimate of drug-likeness (QED) is 0.780. The van der Waals surface area contributed by atoms with Gasteiger partial charge in [0, 0.05) is 12.6 Å². The molecule has 0 aromatic rings. The summed E-state index contributed by atoms with van der Waals surface area (Å²) in [6.07, 6.45) is 5.45. The molecule has 4 nitrogen and oxygen atoms in total. The number of likely N-dealkylation sites (tertiary alicyclic amines) is 1. The van der Waals surface area contributed by atoms with Gasteiger partial charge in [-0.05, 0) is 66.0 Å². The van der Waals surface area contributed by atoms with Crippen molar-refractivity contribution in [3.05, 3.63) is 0 Å². The maximum Gasteiger partial charge on any atom is 0.410 e. The number of ether oxygens (including phenoxy) is 1. The molecule has 1 saturated heterocycles. The minimum Gasteiger partial charge on any atom is -0.444 e. The molecular formula is C15H30N2O2. The van der Waals surface area contributed by atoms with Crippen molar-refractivity contribution in [3.8, 4) is 0 Å². The van der Waals surface area contributed by atoms with Crippen LogP contribution in [0.3, 0.4) is 0 Å². The molecule has 112 valence electrons. The molecule has 1 fully saturated rings. The summed E-state index contributed by atoms with van der Waals surface area (Å²) in [6, 6.07) is 0.341. The van der Waals surface area contributed by atoms with Crippen LogP contribution in [-0.4, -0.2) is 42.3 Å². The first-order valence-electron chi connectivity index (χ1n) is 7.64. The molecule has 1 heterocycles. The Hall–Kier alpha value is -0.770. The van der Waals surface area contributed by atoms with Crippen molar-refractivity contribution in [2.24, 2.45) is 0 Å². The minimum absolute atomic E-state index is 0.146. The zero-order chi connectivity index (χ0) is 14.3. The van der Waals surface area contributed by atoms with Gasteiger partial charge in [0.25, 0.3) is 0 Å². The number of hydrogen-bond acceptors (Lipinski definition) is 3. The molecule has 0 bridgehead atoms. The average Bonchev–Trinajstić information content (AvgIpc) is 2.33. The minimum atomic E-state index is -0.403. The summed E-state index contributed by atoms with van der Waals surface area (Å²) in [5.41, 5.74) is -0.403. The van der Waals surface area contributed by atoms with Crippen molar-refractivity contribution in [3.63, 3.8) is 0 Å². The molecule has 0 aromatic carbocycles. The first kappa shape index (κ1) is 16.3. The Bertz CT molecular complexity index is 274. The van der Waals surface area contributed by atoms with E-state index in [1.54, 1.807) is 0 Å². The van der Waals surface area contributed by atoms with Crippen LogP contribution >= 0.6 is 0 Å². The Kier molecular flexibility index (Phi) is 6.63. The number of amides is 1. The largest absolute Gasteiger partial charge is 0.444 e. The SMILES string of the molecule is CCCNCC[C@H]1CCCCN1C(=O)OC(C)(C)C. The molecule has 0 unspecified atom stereocenters. The van der Waals surface area contributed by atoms with Crippen molar-refractivity contribution < 1.29 is 9.53 Å². The van der Waals surface area contributed by atoms with E-state index in [4.69, 9.17) is 4.74 Å². The number of carbonyl (C=O) groups is 1. The normalized spacial score (nSPS) is 20.4. The number of nitrogens with zero attached hydrogens (tertiary/aromatic N) is 1. The predicted molar refractivity (Wildman–Crippen MR) is 78.4 cm³/mol. The van der Waals surface area contributed by atoms with Gasteiger partial charge in [0.05, 0.1) is 0 Å². The van der Waals surface area contributed by atoms with Crippen molar-refractivity contribution in [1.82, 2.24) is 10.2 Å². The monoisotopic (exact) mass is 270 g/mol. The van der Waals surface area contributed by atoms with E-state index < -0.39 is 5.60 Å². The third-order valence-corrected chi connectivity index (χ3v) is 3.34. The van der Waals surface area contributed by atoms with E-state index in [1.165, 1.54) is 6.42 Å². The molecule has 4 heteroatoms. The van der Waals surface area contributed by atoms with Gasteiger partial charge in [-0.25, -0.2) is 4.79 Å². The highest BCUT2D eigenvalue weighted by Gasteiger charge is 2.29. The van der Waals surface area contributed by atoms with E-state index in [9.17, 15) is 4.79 Å². The molecule has 1 amide bonds. The Balaban J connectivity index is 2.45. The summed E-state index contributed by atoms with van der Waals surface area (Å²) in [7, 11) is 0. The predicted octanol–water partition coefficient (Wildman–Crippen LogP) is 3.17. The van der Waals surface area contributed by atoms with Gasteiger partial charge in [-0.3, -0.25) is 0 Å². The number of hydrogen-bond donors (Lipinski definition) is 1. The molecule has 1 aliphatic heterocycles. The van der Waals surface area contributed by atoms with Gasteiger partial charge in [-0.2, -0.15) is 0 Å². The number of nitrogens with one attached hydrogen (secondary N) is 1. The Morgan fingerprint density at radius 3 is 2.68 bits per heavy atom. The van der Waals surface area contributed by atoms with E-state index in [0.717, 1.165) is 45.3 Å². The third kappa shape index (κ3) is 6.28. The van der Waals surface area contributed by atoms with Gasteiger partial charge in [-0.1, -0.05) is 6.92 Å². The zero-order valence-corrected chi connectivity index (χ0v) is 13.0. The van der Waals surface area contributed by atoms with E-state index >= 15 is 0 Å². The van der Waals surface area contributed by atoms with Gasteiger partial charge in [0.2, 0.25) is 0 Å². The fraction of sp³-hybridized carbons (Fsp3) is 0.933. The molecule has 0 radical (unpaired) electrons. The van der Waals surface area contributed by atoms with Crippen molar-refractivity contribution in [2.45, 2.75) is 71.4 Å². The highest BCUT2D eigenvalue weighted by atomic mass is 16.6. The number of carbonyl (C=O) groups excluding carboxylic acids is 1. The number of rotatable bonds is 5. The fourth-order valence-corrected chi connectivity index (χ4v) is 2.43. The van der Waals surface area contributed by atoms with Crippen LogP contribution in [0.4, 0.5) is 4.79 Å². The lowest BCUT2D eigenvalue weighted by atomic mass is 10.00. The van der Waals surface area contributed by atoms with Gasteiger partial charge in [0.15, 0.2) is 0 Å². The topological polar surface area (TPSA) is 41.6 Å². The standard InChI is InChI=1S/C15H30N2O2/c1-5-10-16-11-9-13-8-6-7-12-17(13)14(18)19-15(2,3)4/h13,16H,5-12H2,1-4H3/t13-/m1/s1. The Morgan fingerprint density at radius 2 is 2.05 bits per heavy atom. The second kappa shape index (κ2) is 7.73. The molecule has 0 aromatic heterocycles. The van der Waals surface area contributed by atoms with Crippen molar-refractivity contribution in [1.29, 1.82) is 0 Å². The number of piperidine rings is 1. The highest BCUT2D eigenvalue weighted by molar-refractivity contribution is 5.68. The molecule has 0 spiro atoms. The third-order valence-electron chi connectivity index (χ3n) is 3.34. The average molecular weight is 270 g/mol. The van der Waals surface area contributed by atoms with Crippen LogP contribution in [0.1, 0.15) is 59.8 Å². The molecule has 1 N–H and O–H groups in total. The van der Waals surface area contributed by atoms with E-state index in [0.29, 0.717) is 6.04 Å². The van der Waals surface area contributed by atoms with Crippen LogP contribution in [0.5, 0.6) is 0 Å². The fourth-order valence-electron chi connectivity index (χ4n) is 2.43. The van der Waals surface area contributed by atoms with Crippen LogP contribution in [0.25, 0.3) is 0 Å². The van der Waals surface area contributed by atoms with Gasteiger partial charge < -0.3 is 15.0 Å². The Morgan fingerprint density at radius 1 is 1.32 bits per heavy atom. The molecule has 1 aliphatic rings. The first-order valence-corrected chi connectivity index (χ1v) is 7.64. The molecule has 1 atom stereocenters. The molecular weight excluding hydrogens is 240 g/mol. The van der Waals surface area contributed by atoms with E-state index in [-0.39, 0.29) is 6.09 Å². The van der Waals surface area contributed by atoms with Crippen LogP contribution in [0.15, 0.2) is 0 Å². The van der Waals surface area contributed by atoms with Crippen LogP contribution in [0.2, 0.25) is 0 Å². The maximum absolute atomic E-state index is 12.2. The van der Waals surface area contributed by atoms with Crippen LogP contribution < -0.4 is 5.32 Å². The van der Waals surface area contributed by atoms with Crippen LogP contribution in [0, 0.1) is 0 Å². The van der Waals surface area contributed by atoms with Crippen molar-refractivity contribution in [2.75, 3.05) is 19.6 Å². The molecule has 19 heavy (non-hydrogen) atoms. The summed E-state index contributed by atoms with van der Waals surface area (Å²) in [5.74, 6) is 0. The Labute approximate surface area is 117 Å². The second-order valence-electron chi connectivity index (χ2n) is 6.36. The summed E-state index contributed by atoms with van der Waals surface area (Å²) < 4.78 is 5.50. The maximum atomic E-state index is 12.2. The smallest absolute Gasteiger partial charge is 0.410 e. The molecule has 0 aliphatic carbocycles. The highest BCUT2D eigenvalue weighted by Crippen LogP contribution is 2.22. The van der Waals surface area contributed by atoms with Crippen LogP contribution in [-0.2, 0) is 4.74 Å². The summed E-state index contributed by atoms with van der Waals surface area (Å²) in [4.78, 5) is 14.1. The van der Waals surface area contributed by atoms with Gasteiger partial charge in [0.1, 0.15) is 5.60 Å².